The number of para-hydroxylation sites is 1. The monoisotopic (exact) mass is 322 g/mol. The summed E-state index contributed by atoms with van der Waals surface area (Å²) in [5.74, 6) is -0.195. The lowest BCUT2D eigenvalue weighted by atomic mass is 9.85. The smallest absolute Gasteiger partial charge is 0.250 e. The van der Waals surface area contributed by atoms with Crippen LogP contribution in [0, 0.1) is 0 Å². The van der Waals surface area contributed by atoms with Gasteiger partial charge < -0.3 is 10.6 Å². The van der Waals surface area contributed by atoms with Gasteiger partial charge in [0.1, 0.15) is 5.54 Å². The van der Waals surface area contributed by atoms with Crippen LogP contribution in [0.4, 0.5) is 5.69 Å². The lowest BCUT2D eigenvalue weighted by Crippen LogP contribution is -2.57. The molecule has 1 fully saturated rings. The SMILES string of the molecule is O=C1CCCCC(Cc2ccccc2)(C(=O)Nc2ccccc2)N1. The molecule has 1 saturated heterocycles. The number of amides is 2. The zero-order chi connectivity index (χ0) is 16.8. The number of anilines is 1. The van der Waals surface area contributed by atoms with E-state index in [0.29, 0.717) is 19.3 Å². The van der Waals surface area contributed by atoms with E-state index in [-0.39, 0.29) is 11.8 Å². The van der Waals surface area contributed by atoms with Gasteiger partial charge in [0.2, 0.25) is 11.8 Å². The van der Waals surface area contributed by atoms with Crippen molar-refractivity contribution in [1.82, 2.24) is 5.32 Å². The third-order valence-electron chi connectivity index (χ3n) is 4.45. The molecule has 0 spiro atoms. The Balaban J connectivity index is 1.88. The van der Waals surface area contributed by atoms with Crippen LogP contribution in [0.2, 0.25) is 0 Å². The molecular weight excluding hydrogens is 300 g/mol. The minimum Gasteiger partial charge on any atom is -0.341 e. The lowest BCUT2D eigenvalue weighted by Gasteiger charge is -2.32. The minimum absolute atomic E-state index is 0.0494. The van der Waals surface area contributed by atoms with Crippen LogP contribution >= 0.6 is 0 Å². The maximum absolute atomic E-state index is 13.1. The number of carbonyl (C=O) groups is 2. The zero-order valence-corrected chi connectivity index (χ0v) is 13.6. The fraction of sp³-hybridized carbons (Fsp3) is 0.300. The van der Waals surface area contributed by atoms with E-state index < -0.39 is 5.54 Å². The summed E-state index contributed by atoms with van der Waals surface area (Å²) in [6.45, 7) is 0. The van der Waals surface area contributed by atoms with Gasteiger partial charge in [-0.2, -0.15) is 0 Å². The molecule has 1 aliphatic heterocycles. The Morgan fingerprint density at radius 3 is 2.38 bits per heavy atom. The van der Waals surface area contributed by atoms with E-state index in [1.165, 1.54) is 0 Å². The van der Waals surface area contributed by atoms with Gasteiger partial charge in [-0.1, -0.05) is 55.0 Å². The molecule has 0 aromatic heterocycles. The van der Waals surface area contributed by atoms with Gasteiger partial charge in [-0.3, -0.25) is 9.59 Å². The van der Waals surface area contributed by atoms with Crippen LogP contribution < -0.4 is 10.6 Å². The Labute approximate surface area is 142 Å². The third kappa shape index (κ3) is 3.82. The van der Waals surface area contributed by atoms with Crippen molar-refractivity contribution in [2.75, 3.05) is 5.32 Å². The van der Waals surface area contributed by atoms with Crippen LogP contribution in [0.15, 0.2) is 60.7 Å². The number of hydrogen-bond acceptors (Lipinski definition) is 2. The van der Waals surface area contributed by atoms with Crippen molar-refractivity contribution in [2.45, 2.75) is 37.6 Å². The van der Waals surface area contributed by atoms with Crippen LogP contribution in [0.5, 0.6) is 0 Å². The molecule has 2 N–H and O–H groups in total. The van der Waals surface area contributed by atoms with Crippen LogP contribution in [-0.2, 0) is 16.0 Å². The van der Waals surface area contributed by atoms with E-state index in [4.69, 9.17) is 0 Å². The Bertz CT molecular complexity index is 700. The molecule has 1 unspecified atom stereocenters. The fourth-order valence-corrected chi connectivity index (χ4v) is 3.20. The largest absolute Gasteiger partial charge is 0.341 e. The highest BCUT2D eigenvalue weighted by atomic mass is 16.2. The maximum atomic E-state index is 13.1. The van der Waals surface area contributed by atoms with E-state index in [0.717, 1.165) is 24.1 Å². The van der Waals surface area contributed by atoms with E-state index >= 15 is 0 Å². The van der Waals surface area contributed by atoms with Gasteiger partial charge in [0.05, 0.1) is 0 Å². The van der Waals surface area contributed by atoms with Crippen molar-refractivity contribution in [3.63, 3.8) is 0 Å². The molecule has 1 atom stereocenters. The first-order valence-corrected chi connectivity index (χ1v) is 8.39. The van der Waals surface area contributed by atoms with E-state index in [1.54, 1.807) is 0 Å². The summed E-state index contributed by atoms with van der Waals surface area (Å²) in [5.41, 5.74) is 0.890. The summed E-state index contributed by atoms with van der Waals surface area (Å²) in [7, 11) is 0. The van der Waals surface area contributed by atoms with Gasteiger partial charge in [-0.05, 0) is 30.5 Å². The first-order chi connectivity index (χ1) is 11.7. The Morgan fingerprint density at radius 2 is 1.67 bits per heavy atom. The van der Waals surface area contributed by atoms with Crippen LogP contribution in [0.1, 0.15) is 31.2 Å². The molecule has 4 nitrogen and oxygen atoms in total. The van der Waals surface area contributed by atoms with Crippen molar-refractivity contribution in [3.05, 3.63) is 66.2 Å². The zero-order valence-electron chi connectivity index (χ0n) is 13.6. The fourth-order valence-electron chi connectivity index (χ4n) is 3.20. The van der Waals surface area contributed by atoms with Crippen molar-refractivity contribution >= 4 is 17.5 Å². The first kappa shape index (κ1) is 16.2. The first-order valence-electron chi connectivity index (χ1n) is 8.39. The summed E-state index contributed by atoms with van der Waals surface area (Å²) in [4.78, 5) is 25.2. The van der Waals surface area contributed by atoms with E-state index in [9.17, 15) is 9.59 Å². The van der Waals surface area contributed by atoms with Crippen molar-refractivity contribution < 1.29 is 9.59 Å². The van der Waals surface area contributed by atoms with E-state index in [1.807, 2.05) is 60.7 Å². The van der Waals surface area contributed by atoms with Crippen LogP contribution in [0.3, 0.4) is 0 Å². The highest BCUT2D eigenvalue weighted by Gasteiger charge is 2.40. The molecular formula is C20H22N2O2. The summed E-state index contributed by atoms with van der Waals surface area (Å²) in [6.07, 6.45) is 3.30. The van der Waals surface area contributed by atoms with Gasteiger partial charge in [0, 0.05) is 18.5 Å². The third-order valence-corrected chi connectivity index (χ3v) is 4.45. The molecule has 1 heterocycles. The second-order valence-corrected chi connectivity index (χ2v) is 6.32. The molecule has 2 amide bonds. The second-order valence-electron chi connectivity index (χ2n) is 6.32. The van der Waals surface area contributed by atoms with Crippen LogP contribution in [0.25, 0.3) is 0 Å². The van der Waals surface area contributed by atoms with Crippen molar-refractivity contribution in [2.24, 2.45) is 0 Å². The quantitative estimate of drug-likeness (QED) is 0.907. The lowest BCUT2D eigenvalue weighted by molar-refractivity contribution is -0.130. The molecule has 4 heteroatoms. The highest BCUT2D eigenvalue weighted by Crippen LogP contribution is 2.26. The van der Waals surface area contributed by atoms with Crippen molar-refractivity contribution in [1.29, 1.82) is 0 Å². The van der Waals surface area contributed by atoms with Gasteiger partial charge >= 0.3 is 0 Å². The number of nitrogens with one attached hydrogen (secondary N) is 2. The molecule has 124 valence electrons. The summed E-state index contributed by atoms with van der Waals surface area (Å²) >= 11 is 0. The molecule has 2 aromatic carbocycles. The molecule has 0 saturated carbocycles. The Kier molecular flexibility index (Phi) is 4.94. The van der Waals surface area contributed by atoms with Crippen LogP contribution in [-0.4, -0.2) is 17.4 Å². The topological polar surface area (TPSA) is 58.2 Å². The standard InChI is InChI=1S/C20H22N2O2/c23-18-13-7-8-14-20(22-18,15-16-9-3-1-4-10-16)19(24)21-17-11-5-2-6-12-17/h1-6,9-12H,7-8,13-15H2,(H,21,24)(H,22,23). The highest BCUT2D eigenvalue weighted by molar-refractivity contribution is 6.01. The predicted molar refractivity (Wildman–Crippen MR) is 94.6 cm³/mol. The average Bonchev–Trinajstić information content (AvgIpc) is 2.79. The molecule has 0 aliphatic carbocycles. The molecule has 2 aromatic rings. The summed E-state index contributed by atoms with van der Waals surface area (Å²) in [6, 6.07) is 19.2. The van der Waals surface area contributed by atoms with Gasteiger partial charge in [-0.25, -0.2) is 0 Å². The molecule has 1 aliphatic rings. The Morgan fingerprint density at radius 1 is 1.00 bits per heavy atom. The molecule has 3 rings (SSSR count). The van der Waals surface area contributed by atoms with Gasteiger partial charge in [0.25, 0.3) is 0 Å². The van der Waals surface area contributed by atoms with Gasteiger partial charge in [-0.15, -0.1) is 0 Å². The minimum atomic E-state index is -0.898. The molecule has 0 bridgehead atoms. The Hall–Kier alpha value is -2.62. The molecule has 0 radical (unpaired) electrons. The predicted octanol–water partition coefficient (Wildman–Crippen LogP) is 3.30. The van der Waals surface area contributed by atoms with Gasteiger partial charge in [0.15, 0.2) is 0 Å². The van der Waals surface area contributed by atoms with E-state index in [2.05, 4.69) is 10.6 Å². The normalized spacial score (nSPS) is 20.8. The summed E-state index contributed by atoms with van der Waals surface area (Å²) in [5, 5.41) is 5.98. The number of carbonyl (C=O) groups excluding carboxylic acids is 2. The molecule has 24 heavy (non-hydrogen) atoms. The maximum Gasteiger partial charge on any atom is 0.250 e. The number of rotatable bonds is 4. The average molecular weight is 322 g/mol. The second kappa shape index (κ2) is 7.30. The number of benzene rings is 2. The number of hydrogen-bond donors (Lipinski definition) is 2. The van der Waals surface area contributed by atoms with Crippen molar-refractivity contribution in [3.8, 4) is 0 Å². The summed E-state index contributed by atoms with van der Waals surface area (Å²) < 4.78 is 0.